The molecule has 0 aromatic rings. The highest BCUT2D eigenvalue weighted by Gasteiger charge is 2.41. The van der Waals surface area contributed by atoms with Crippen LogP contribution in [0.4, 0.5) is 0 Å². The number of sulfone groups is 1. The minimum atomic E-state index is -2.80. The lowest BCUT2D eigenvalue weighted by atomic mass is 10.0. The molecule has 5 heteroatoms. The van der Waals surface area contributed by atoms with Crippen molar-refractivity contribution in [1.29, 1.82) is 0 Å². The van der Waals surface area contributed by atoms with Crippen molar-refractivity contribution in [3.05, 3.63) is 0 Å². The second-order valence-electron chi connectivity index (χ2n) is 3.71. The van der Waals surface area contributed by atoms with Gasteiger partial charge in [0.25, 0.3) is 0 Å². The van der Waals surface area contributed by atoms with Crippen LogP contribution in [-0.2, 0) is 9.84 Å². The summed E-state index contributed by atoms with van der Waals surface area (Å²) in [6.45, 7) is 2.63. The van der Waals surface area contributed by atoms with Crippen molar-refractivity contribution in [2.45, 2.75) is 18.9 Å². The van der Waals surface area contributed by atoms with E-state index < -0.39 is 9.84 Å². The Kier molecular flexibility index (Phi) is 2.75. The first-order valence-corrected chi connectivity index (χ1v) is 5.95. The van der Waals surface area contributed by atoms with Gasteiger partial charge in [-0.1, -0.05) is 0 Å². The summed E-state index contributed by atoms with van der Waals surface area (Å²) >= 11 is 0. The van der Waals surface area contributed by atoms with Crippen molar-refractivity contribution >= 4 is 9.84 Å². The van der Waals surface area contributed by atoms with Gasteiger partial charge in [0.2, 0.25) is 0 Å². The molecule has 1 saturated heterocycles. The first-order valence-electron chi connectivity index (χ1n) is 4.13. The van der Waals surface area contributed by atoms with E-state index in [0.29, 0.717) is 18.7 Å². The Balaban J connectivity index is 2.53. The van der Waals surface area contributed by atoms with Crippen LogP contribution in [0.25, 0.3) is 0 Å². The van der Waals surface area contributed by atoms with Crippen LogP contribution in [0, 0.1) is 0 Å². The predicted octanol–water partition coefficient (Wildman–Crippen LogP) is -1.88. The van der Waals surface area contributed by atoms with Crippen LogP contribution in [0.3, 0.4) is 0 Å². The smallest absolute Gasteiger partial charge is 0.156 e. The minimum absolute atomic E-state index is 0.107. The van der Waals surface area contributed by atoms with E-state index in [0.717, 1.165) is 0 Å². The van der Waals surface area contributed by atoms with Crippen molar-refractivity contribution in [2.24, 2.45) is 0 Å². The molecule has 3 N–H and O–H groups in total. The largest absolute Gasteiger partial charge is 0.391 e. The standard InChI is InChI=1S/C7H15NO3S/c1-7(8-3-4-9)2-5-12(10,11)6-7/h8-9H,2-6H2,1H3/p+1/t7-/m1/s1. The van der Waals surface area contributed by atoms with E-state index in [1.54, 1.807) is 0 Å². The summed E-state index contributed by atoms with van der Waals surface area (Å²) in [4.78, 5) is 0. The van der Waals surface area contributed by atoms with Crippen molar-refractivity contribution < 1.29 is 18.8 Å². The Morgan fingerprint density at radius 2 is 2.25 bits per heavy atom. The first kappa shape index (κ1) is 9.95. The summed E-state index contributed by atoms with van der Waals surface area (Å²) in [5, 5.41) is 10.5. The Morgan fingerprint density at radius 3 is 2.67 bits per heavy atom. The SMILES string of the molecule is C[C@@]1([NH2+]CCO)CCS(=O)(=O)C1. The van der Waals surface area contributed by atoms with Crippen LogP contribution in [0.2, 0.25) is 0 Å². The molecule has 0 aromatic heterocycles. The number of aliphatic hydroxyl groups is 1. The van der Waals surface area contributed by atoms with Gasteiger partial charge < -0.3 is 10.4 Å². The molecular weight excluding hydrogens is 178 g/mol. The highest BCUT2D eigenvalue weighted by molar-refractivity contribution is 7.91. The number of hydrogen-bond acceptors (Lipinski definition) is 3. The molecule has 1 aliphatic heterocycles. The van der Waals surface area contributed by atoms with E-state index in [4.69, 9.17) is 5.11 Å². The van der Waals surface area contributed by atoms with Crippen molar-refractivity contribution in [3.63, 3.8) is 0 Å². The van der Waals surface area contributed by atoms with Gasteiger partial charge in [0, 0.05) is 6.42 Å². The van der Waals surface area contributed by atoms with Gasteiger partial charge in [0.15, 0.2) is 9.84 Å². The average molecular weight is 194 g/mol. The van der Waals surface area contributed by atoms with Gasteiger partial charge in [-0.3, -0.25) is 0 Å². The molecule has 72 valence electrons. The molecule has 0 radical (unpaired) electrons. The molecule has 0 aliphatic carbocycles. The molecule has 0 unspecified atom stereocenters. The number of nitrogens with two attached hydrogens (primary N) is 1. The lowest BCUT2D eigenvalue weighted by molar-refractivity contribution is -0.719. The summed E-state index contributed by atoms with van der Waals surface area (Å²) in [5.41, 5.74) is -0.193. The zero-order valence-electron chi connectivity index (χ0n) is 7.28. The van der Waals surface area contributed by atoms with E-state index in [9.17, 15) is 8.42 Å². The van der Waals surface area contributed by atoms with Crippen LogP contribution in [0.5, 0.6) is 0 Å². The molecule has 1 rings (SSSR count). The van der Waals surface area contributed by atoms with Gasteiger partial charge in [0.1, 0.15) is 11.3 Å². The fourth-order valence-corrected chi connectivity index (χ4v) is 3.80. The molecule has 0 bridgehead atoms. The third-order valence-electron chi connectivity index (χ3n) is 2.30. The zero-order valence-corrected chi connectivity index (χ0v) is 8.10. The molecule has 0 saturated carbocycles. The molecule has 0 aromatic carbocycles. The van der Waals surface area contributed by atoms with Crippen molar-refractivity contribution in [3.8, 4) is 0 Å². The molecule has 12 heavy (non-hydrogen) atoms. The summed E-state index contributed by atoms with van der Waals surface area (Å²) in [5.74, 6) is 0.547. The topological polar surface area (TPSA) is 71.0 Å². The minimum Gasteiger partial charge on any atom is -0.391 e. The second-order valence-corrected chi connectivity index (χ2v) is 5.90. The lowest BCUT2D eigenvalue weighted by Crippen LogP contribution is -2.97. The van der Waals surface area contributed by atoms with Gasteiger partial charge in [-0.05, 0) is 6.92 Å². The maximum atomic E-state index is 11.1. The maximum Gasteiger partial charge on any atom is 0.156 e. The van der Waals surface area contributed by atoms with Gasteiger partial charge in [0.05, 0.1) is 18.9 Å². The van der Waals surface area contributed by atoms with Crippen molar-refractivity contribution in [1.82, 2.24) is 0 Å². The molecule has 0 spiro atoms. The van der Waals surface area contributed by atoms with E-state index in [1.165, 1.54) is 0 Å². The Morgan fingerprint density at radius 1 is 1.58 bits per heavy atom. The summed E-state index contributed by atoms with van der Waals surface area (Å²) < 4.78 is 22.3. The quantitative estimate of drug-likeness (QED) is 0.552. The number of hydrogen-bond donors (Lipinski definition) is 2. The van der Waals surface area contributed by atoms with E-state index in [1.807, 2.05) is 12.2 Å². The predicted molar refractivity (Wildman–Crippen MR) is 45.6 cm³/mol. The third-order valence-corrected chi connectivity index (χ3v) is 4.23. The molecule has 1 heterocycles. The average Bonchev–Trinajstić information content (AvgIpc) is 2.23. The molecular formula is C7H16NO3S+. The summed E-state index contributed by atoms with van der Waals surface area (Å²) in [6, 6.07) is 0. The monoisotopic (exact) mass is 194 g/mol. The van der Waals surface area contributed by atoms with Crippen LogP contribution < -0.4 is 5.32 Å². The van der Waals surface area contributed by atoms with Gasteiger partial charge in [-0.25, -0.2) is 8.42 Å². The van der Waals surface area contributed by atoms with Crippen LogP contribution in [0.1, 0.15) is 13.3 Å². The number of aliphatic hydroxyl groups excluding tert-OH is 1. The highest BCUT2D eigenvalue weighted by Crippen LogP contribution is 2.18. The fourth-order valence-electron chi connectivity index (χ4n) is 1.61. The van der Waals surface area contributed by atoms with E-state index in [-0.39, 0.29) is 17.9 Å². The normalized spacial score (nSPS) is 33.8. The molecule has 4 nitrogen and oxygen atoms in total. The second kappa shape index (κ2) is 3.32. The van der Waals surface area contributed by atoms with E-state index in [2.05, 4.69) is 0 Å². The fraction of sp³-hybridized carbons (Fsp3) is 1.00. The van der Waals surface area contributed by atoms with Crippen LogP contribution in [-0.4, -0.2) is 43.7 Å². The number of quaternary nitrogens is 1. The summed E-state index contributed by atoms with van der Waals surface area (Å²) in [7, 11) is -2.80. The summed E-state index contributed by atoms with van der Waals surface area (Å²) in [6.07, 6.45) is 0.704. The molecule has 1 fully saturated rings. The van der Waals surface area contributed by atoms with Gasteiger partial charge in [-0.15, -0.1) is 0 Å². The first-order chi connectivity index (χ1) is 5.47. The molecule has 1 aliphatic rings. The van der Waals surface area contributed by atoms with Crippen molar-refractivity contribution in [2.75, 3.05) is 24.7 Å². The lowest BCUT2D eigenvalue weighted by Gasteiger charge is -2.19. The zero-order chi connectivity index (χ0) is 9.24. The maximum absolute atomic E-state index is 11.1. The van der Waals surface area contributed by atoms with Crippen LogP contribution in [0.15, 0.2) is 0 Å². The Labute approximate surface area is 72.9 Å². The van der Waals surface area contributed by atoms with Crippen LogP contribution >= 0.6 is 0 Å². The number of rotatable bonds is 3. The molecule has 1 atom stereocenters. The highest BCUT2D eigenvalue weighted by atomic mass is 32.2. The van der Waals surface area contributed by atoms with E-state index >= 15 is 0 Å². The Hall–Kier alpha value is -0.130. The third kappa shape index (κ3) is 2.43. The Bertz CT molecular complexity index is 249. The molecule has 0 amide bonds. The van der Waals surface area contributed by atoms with Gasteiger partial charge in [-0.2, -0.15) is 0 Å². The van der Waals surface area contributed by atoms with Gasteiger partial charge >= 0.3 is 0 Å².